The van der Waals surface area contributed by atoms with Crippen molar-refractivity contribution in [2.45, 2.75) is 0 Å². The summed E-state index contributed by atoms with van der Waals surface area (Å²) in [4.78, 5) is 20.7. The Morgan fingerprint density at radius 2 is 2.13 bits per heavy atom. The van der Waals surface area contributed by atoms with Gasteiger partial charge in [-0.05, 0) is 0 Å². The Labute approximate surface area is 89.8 Å². The van der Waals surface area contributed by atoms with Gasteiger partial charge < -0.3 is 0 Å². The third kappa shape index (κ3) is 1.77. The standard InChI is InChI=1S/C9H5NO4Se/c11-9(12)8-4-5-3-6(10(13)14)1-2-7(5)15-8/h1-4H,(H,11,12). The molecule has 5 nitrogen and oxygen atoms in total. The van der Waals surface area contributed by atoms with Crippen molar-refractivity contribution in [3.8, 4) is 0 Å². The van der Waals surface area contributed by atoms with E-state index in [4.69, 9.17) is 5.11 Å². The molecule has 2 rings (SSSR count). The summed E-state index contributed by atoms with van der Waals surface area (Å²) in [6.07, 6.45) is 0. The SMILES string of the molecule is O=C(O)c1cc2cc([N+](=O)[O-])ccc2[se]1. The van der Waals surface area contributed by atoms with Gasteiger partial charge in [-0.3, -0.25) is 0 Å². The molecule has 1 heterocycles. The number of carbonyl (C=O) groups is 1. The molecule has 1 aromatic carbocycles. The third-order valence-electron chi connectivity index (χ3n) is 1.92. The summed E-state index contributed by atoms with van der Waals surface area (Å²) in [7, 11) is 0. The molecule has 0 aliphatic heterocycles. The molecular weight excluding hydrogens is 265 g/mol. The summed E-state index contributed by atoms with van der Waals surface area (Å²) >= 11 is -0.240. The molecule has 0 amide bonds. The second kappa shape index (κ2) is 3.49. The Bertz CT molecular complexity index is 548. The fourth-order valence-corrected chi connectivity index (χ4v) is 3.10. The van der Waals surface area contributed by atoms with E-state index >= 15 is 0 Å². The molecule has 6 heteroatoms. The van der Waals surface area contributed by atoms with Crippen LogP contribution in [0.2, 0.25) is 0 Å². The molecule has 76 valence electrons. The first-order valence-electron chi connectivity index (χ1n) is 3.99. The first-order valence-corrected chi connectivity index (χ1v) is 5.70. The van der Waals surface area contributed by atoms with Crippen LogP contribution >= 0.6 is 0 Å². The molecule has 1 aromatic heterocycles. The first-order chi connectivity index (χ1) is 7.08. The molecule has 1 N–H and O–H groups in total. The van der Waals surface area contributed by atoms with Gasteiger partial charge in [-0.15, -0.1) is 0 Å². The summed E-state index contributed by atoms with van der Waals surface area (Å²) in [5.41, 5.74) is -0.00700. The van der Waals surface area contributed by atoms with Crippen LogP contribution in [0.15, 0.2) is 24.3 Å². The van der Waals surface area contributed by atoms with E-state index in [0.29, 0.717) is 9.82 Å². The van der Waals surface area contributed by atoms with Gasteiger partial charge in [-0.1, -0.05) is 0 Å². The fourth-order valence-electron chi connectivity index (χ4n) is 1.25. The van der Waals surface area contributed by atoms with Crippen LogP contribution in [0, 0.1) is 10.1 Å². The summed E-state index contributed by atoms with van der Waals surface area (Å²) in [5.74, 6) is -0.950. The van der Waals surface area contributed by atoms with Gasteiger partial charge in [-0.2, -0.15) is 0 Å². The Morgan fingerprint density at radius 1 is 1.40 bits per heavy atom. The predicted octanol–water partition coefficient (Wildman–Crippen LogP) is 1.50. The maximum atomic E-state index is 10.7. The molecule has 0 unspecified atom stereocenters. The van der Waals surface area contributed by atoms with Gasteiger partial charge in [-0.25, -0.2) is 0 Å². The van der Waals surface area contributed by atoms with Crippen molar-refractivity contribution in [2.75, 3.05) is 0 Å². The quantitative estimate of drug-likeness (QED) is 0.509. The Kier molecular flexibility index (Phi) is 2.30. The van der Waals surface area contributed by atoms with Crippen LogP contribution in [0.4, 0.5) is 5.69 Å². The number of benzene rings is 1. The van der Waals surface area contributed by atoms with E-state index < -0.39 is 10.9 Å². The van der Waals surface area contributed by atoms with E-state index in [0.717, 1.165) is 4.26 Å². The molecular formula is C9H5NO4Se. The summed E-state index contributed by atoms with van der Waals surface area (Å²) in [6, 6.07) is 5.94. The van der Waals surface area contributed by atoms with E-state index in [1.165, 1.54) is 18.2 Å². The van der Waals surface area contributed by atoms with Crippen LogP contribution in [0.3, 0.4) is 0 Å². The zero-order valence-electron chi connectivity index (χ0n) is 7.34. The number of non-ortho nitro benzene ring substituents is 1. The zero-order chi connectivity index (χ0) is 11.0. The minimum atomic E-state index is -0.950. The van der Waals surface area contributed by atoms with Crippen LogP contribution in [-0.2, 0) is 0 Å². The Balaban J connectivity index is 2.62. The van der Waals surface area contributed by atoms with E-state index in [9.17, 15) is 14.9 Å². The summed E-state index contributed by atoms with van der Waals surface area (Å²) < 4.78 is 1.21. The molecule has 0 fully saturated rings. The van der Waals surface area contributed by atoms with Gasteiger partial charge in [0, 0.05) is 0 Å². The fraction of sp³-hybridized carbons (Fsp3) is 0. The van der Waals surface area contributed by atoms with Gasteiger partial charge >= 0.3 is 89.4 Å². The van der Waals surface area contributed by atoms with Gasteiger partial charge in [0.2, 0.25) is 0 Å². The first kappa shape index (κ1) is 9.89. The minimum absolute atomic E-state index is 0.00700. The Morgan fingerprint density at radius 3 is 2.73 bits per heavy atom. The molecule has 0 aliphatic rings. The molecule has 0 atom stereocenters. The van der Waals surface area contributed by atoms with Crippen LogP contribution in [0.1, 0.15) is 9.23 Å². The molecule has 15 heavy (non-hydrogen) atoms. The summed E-state index contributed by atoms with van der Waals surface area (Å²) in [5, 5.41) is 19.9. The van der Waals surface area contributed by atoms with Crippen molar-refractivity contribution in [3.05, 3.63) is 38.8 Å². The Hall–Kier alpha value is -1.65. The molecule has 0 saturated carbocycles. The number of hydrogen-bond acceptors (Lipinski definition) is 3. The number of nitro groups is 1. The number of aromatic carboxylic acids is 1. The number of fused-ring (bicyclic) bond motifs is 1. The monoisotopic (exact) mass is 271 g/mol. The molecule has 0 bridgehead atoms. The van der Waals surface area contributed by atoms with Gasteiger partial charge in [0.15, 0.2) is 0 Å². The molecule has 0 saturated heterocycles. The molecule has 2 aromatic rings. The molecule has 0 spiro atoms. The number of carboxylic acids is 1. The topological polar surface area (TPSA) is 80.4 Å². The number of hydrogen-bond donors (Lipinski definition) is 1. The zero-order valence-corrected chi connectivity index (χ0v) is 9.05. The maximum absolute atomic E-state index is 10.7. The van der Waals surface area contributed by atoms with Crippen molar-refractivity contribution >= 4 is 35.8 Å². The van der Waals surface area contributed by atoms with Gasteiger partial charge in [0.25, 0.3) is 0 Å². The van der Waals surface area contributed by atoms with Crippen molar-refractivity contribution < 1.29 is 14.8 Å². The van der Waals surface area contributed by atoms with Crippen LogP contribution in [0.25, 0.3) is 9.65 Å². The van der Waals surface area contributed by atoms with Crippen LogP contribution in [-0.4, -0.2) is 30.5 Å². The molecule has 0 radical (unpaired) electrons. The third-order valence-corrected chi connectivity index (χ3v) is 4.24. The van der Waals surface area contributed by atoms with Gasteiger partial charge in [0.1, 0.15) is 0 Å². The van der Waals surface area contributed by atoms with E-state index in [1.54, 1.807) is 6.07 Å². The second-order valence-electron chi connectivity index (χ2n) is 2.90. The van der Waals surface area contributed by atoms with E-state index in [1.807, 2.05) is 0 Å². The van der Waals surface area contributed by atoms with Gasteiger partial charge in [0.05, 0.1) is 0 Å². The van der Waals surface area contributed by atoms with Crippen molar-refractivity contribution in [3.63, 3.8) is 0 Å². The predicted molar refractivity (Wildman–Crippen MR) is 54.5 cm³/mol. The number of nitrogens with zero attached hydrogens (tertiary/aromatic N) is 1. The van der Waals surface area contributed by atoms with Crippen LogP contribution < -0.4 is 0 Å². The van der Waals surface area contributed by atoms with Crippen molar-refractivity contribution in [1.82, 2.24) is 0 Å². The normalized spacial score (nSPS) is 10.4. The average Bonchev–Trinajstić information content (AvgIpc) is 2.59. The number of rotatable bonds is 2. The van der Waals surface area contributed by atoms with Crippen molar-refractivity contribution in [2.24, 2.45) is 0 Å². The summed E-state index contributed by atoms with van der Waals surface area (Å²) in [6.45, 7) is 0. The second-order valence-corrected chi connectivity index (χ2v) is 5.17. The number of nitro benzene ring substituents is 1. The van der Waals surface area contributed by atoms with E-state index in [-0.39, 0.29) is 20.2 Å². The van der Waals surface area contributed by atoms with Crippen LogP contribution in [0.5, 0.6) is 0 Å². The average molecular weight is 270 g/mol. The van der Waals surface area contributed by atoms with E-state index in [2.05, 4.69) is 0 Å². The number of carboxylic acid groups (broad SMARTS) is 1. The van der Waals surface area contributed by atoms with Crippen molar-refractivity contribution in [1.29, 1.82) is 0 Å². The molecule has 0 aliphatic carbocycles.